The summed E-state index contributed by atoms with van der Waals surface area (Å²) in [6.07, 6.45) is 3.10. The molecule has 1 atom stereocenters. The number of thiazole rings is 1. The second-order valence-corrected chi connectivity index (χ2v) is 11.5. The molecule has 0 saturated heterocycles. The molecule has 1 aliphatic rings. The van der Waals surface area contributed by atoms with Gasteiger partial charge >= 0.3 is 11.9 Å². The highest BCUT2D eigenvalue weighted by Crippen LogP contribution is 2.33. The second-order valence-electron chi connectivity index (χ2n) is 9.61. The zero-order valence-corrected chi connectivity index (χ0v) is 25.2. The van der Waals surface area contributed by atoms with Crippen molar-refractivity contribution in [2.75, 3.05) is 13.2 Å². The Kier molecular flexibility index (Phi) is 9.42. The van der Waals surface area contributed by atoms with Crippen LogP contribution in [0.3, 0.4) is 0 Å². The number of carboxylic acids is 1. The Morgan fingerprint density at radius 3 is 2.50 bits per heavy atom. The lowest BCUT2D eigenvalue weighted by atomic mass is 9.92. The monoisotopic (exact) mass is 626 g/mol. The Balaban J connectivity index is 1.88. The van der Waals surface area contributed by atoms with E-state index in [0.29, 0.717) is 43.2 Å². The molecule has 0 bridgehead atoms. The lowest BCUT2D eigenvalue weighted by molar-refractivity contribution is -0.140. The van der Waals surface area contributed by atoms with Crippen molar-refractivity contribution in [2.24, 2.45) is 4.99 Å². The fourth-order valence-corrected chi connectivity index (χ4v) is 6.05. The van der Waals surface area contributed by atoms with Crippen LogP contribution >= 0.6 is 27.3 Å². The van der Waals surface area contributed by atoms with E-state index in [1.165, 1.54) is 11.3 Å². The lowest BCUT2D eigenvalue weighted by Gasteiger charge is -2.26. The molecule has 0 amide bonds. The van der Waals surface area contributed by atoms with Crippen LogP contribution in [0.1, 0.15) is 69.2 Å². The van der Waals surface area contributed by atoms with Gasteiger partial charge in [-0.05, 0) is 70.1 Å². The molecule has 0 spiro atoms. The van der Waals surface area contributed by atoms with E-state index < -0.39 is 24.6 Å². The van der Waals surface area contributed by atoms with E-state index in [0.717, 1.165) is 23.1 Å². The summed E-state index contributed by atoms with van der Waals surface area (Å²) in [7, 11) is 0. The van der Waals surface area contributed by atoms with Gasteiger partial charge in [-0.25, -0.2) is 14.6 Å². The van der Waals surface area contributed by atoms with Gasteiger partial charge in [0.25, 0.3) is 5.56 Å². The number of carbonyl (C=O) groups is 2. The van der Waals surface area contributed by atoms with Gasteiger partial charge in [0.1, 0.15) is 5.75 Å². The Bertz CT molecular complexity index is 1640. The summed E-state index contributed by atoms with van der Waals surface area (Å²) in [6, 6.07) is 12.5. The smallest absolute Gasteiger partial charge is 0.341 e. The molecule has 2 heterocycles. The molecule has 0 aliphatic carbocycles. The van der Waals surface area contributed by atoms with Gasteiger partial charge in [0.05, 0.1) is 32.9 Å². The van der Waals surface area contributed by atoms with E-state index in [1.54, 1.807) is 35.8 Å². The van der Waals surface area contributed by atoms with Crippen LogP contribution in [0.5, 0.6) is 5.75 Å². The Hall–Kier alpha value is -3.50. The van der Waals surface area contributed by atoms with Crippen molar-refractivity contribution in [3.63, 3.8) is 0 Å². The molecule has 10 heteroatoms. The molecule has 4 rings (SSSR count). The van der Waals surface area contributed by atoms with Gasteiger partial charge in [-0.1, -0.05) is 68.9 Å². The minimum absolute atomic E-state index is 0.215. The molecular formula is C30H31BrN2O6S. The zero-order valence-electron chi connectivity index (χ0n) is 22.8. The number of benzene rings is 2. The van der Waals surface area contributed by atoms with Crippen molar-refractivity contribution in [3.05, 3.63) is 94.6 Å². The van der Waals surface area contributed by atoms with Crippen molar-refractivity contribution in [3.8, 4) is 5.75 Å². The molecule has 0 unspecified atom stereocenters. The number of esters is 1. The average molecular weight is 628 g/mol. The summed E-state index contributed by atoms with van der Waals surface area (Å²) in [5.74, 6) is -0.820. The highest BCUT2D eigenvalue weighted by Gasteiger charge is 2.34. The summed E-state index contributed by atoms with van der Waals surface area (Å²) in [4.78, 5) is 43.4. The van der Waals surface area contributed by atoms with E-state index >= 15 is 0 Å². The van der Waals surface area contributed by atoms with Crippen molar-refractivity contribution < 1.29 is 24.2 Å². The van der Waals surface area contributed by atoms with Gasteiger partial charge in [0.15, 0.2) is 11.4 Å². The number of halogens is 1. The number of rotatable bonds is 10. The normalized spacial score (nSPS) is 15.2. The number of aromatic nitrogens is 1. The maximum absolute atomic E-state index is 13.9. The van der Waals surface area contributed by atoms with Crippen LogP contribution in [-0.2, 0) is 14.3 Å². The third-order valence-corrected chi connectivity index (χ3v) is 8.02. The molecule has 0 radical (unpaired) electrons. The standard InChI is InChI=1S/C30H31BrN2O6S/c1-5-7-22-26(29(37)38-6-2)27(20-11-9-19(10-12-20)17(3)4)33-28(36)24(40-30(33)32-22)15-18-8-13-23(21(31)14-18)39-16-25(34)35/h8-15,17,27H,5-7,16H2,1-4H3,(H,34,35)/b24-15+/t27-/m1/s1. The minimum Gasteiger partial charge on any atom is -0.481 e. The maximum Gasteiger partial charge on any atom is 0.341 e. The molecule has 2 aromatic carbocycles. The number of nitrogens with zero attached hydrogens (tertiary/aromatic N) is 2. The summed E-state index contributed by atoms with van der Waals surface area (Å²) in [5.41, 5.74) is 3.45. The fraction of sp³-hybridized carbons (Fsp3) is 0.333. The van der Waals surface area contributed by atoms with Crippen molar-refractivity contribution in [2.45, 2.75) is 52.5 Å². The number of allylic oxidation sites excluding steroid dienone is 1. The third kappa shape index (κ3) is 6.28. The topological polar surface area (TPSA) is 107 Å². The van der Waals surface area contributed by atoms with E-state index in [1.807, 2.05) is 31.2 Å². The molecule has 210 valence electrons. The number of carbonyl (C=O) groups excluding carboxylic acids is 1. The molecular weight excluding hydrogens is 596 g/mol. The minimum atomic E-state index is -1.07. The van der Waals surface area contributed by atoms with Gasteiger partial charge < -0.3 is 14.6 Å². The van der Waals surface area contributed by atoms with Gasteiger partial charge in [-0.3, -0.25) is 9.36 Å². The van der Waals surface area contributed by atoms with Crippen molar-refractivity contribution in [1.82, 2.24) is 4.57 Å². The summed E-state index contributed by atoms with van der Waals surface area (Å²) < 4.78 is 13.3. The number of hydrogen-bond donors (Lipinski definition) is 1. The number of fused-ring (bicyclic) bond motifs is 1. The molecule has 0 fully saturated rings. The highest BCUT2D eigenvalue weighted by atomic mass is 79.9. The van der Waals surface area contributed by atoms with Crippen molar-refractivity contribution >= 4 is 45.3 Å². The molecule has 8 nitrogen and oxygen atoms in total. The number of hydrogen-bond acceptors (Lipinski definition) is 7. The first-order valence-electron chi connectivity index (χ1n) is 13.1. The third-order valence-electron chi connectivity index (χ3n) is 6.42. The fourth-order valence-electron chi connectivity index (χ4n) is 4.51. The van der Waals surface area contributed by atoms with Gasteiger partial charge in [0, 0.05) is 0 Å². The zero-order chi connectivity index (χ0) is 29.0. The van der Waals surface area contributed by atoms with Crippen LogP contribution in [-0.4, -0.2) is 34.8 Å². The van der Waals surface area contributed by atoms with Crippen LogP contribution < -0.4 is 19.6 Å². The quantitative estimate of drug-likeness (QED) is 0.320. The van der Waals surface area contributed by atoms with E-state index in [-0.39, 0.29) is 12.2 Å². The first-order valence-corrected chi connectivity index (χ1v) is 14.7. The van der Waals surface area contributed by atoms with E-state index in [9.17, 15) is 14.4 Å². The van der Waals surface area contributed by atoms with E-state index in [4.69, 9.17) is 19.6 Å². The molecule has 1 N–H and O–H groups in total. The summed E-state index contributed by atoms with van der Waals surface area (Å²) in [6.45, 7) is 7.77. The Morgan fingerprint density at radius 1 is 1.18 bits per heavy atom. The average Bonchev–Trinajstić information content (AvgIpc) is 3.22. The summed E-state index contributed by atoms with van der Waals surface area (Å²) in [5, 5.41) is 8.88. The van der Waals surface area contributed by atoms with Crippen LogP contribution in [0.2, 0.25) is 0 Å². The van der Waals surface area contributed by atoms with Crippen LogP contribution in [0.4, 0.5) is 0 Å². The molecule has 3 aromatic rings. The van der Waals surface area contributed by atoms with Crippen LogP contribution in [0.15, 0.2) is 68.0 Å². The first-order chi connectivity index (χ1) is 19.1. The molecule has 0 saturated carbocycles. The molecule has 1 aromatic heterocycles. The summed E-state index contributed by atoms with van der Waals surface area (Å²) >= 11 is 4.67. The van der Waals surface area contributed by atoms with Crippen LogP contribution in [0, 0.1) is 0 Å². The van der Waals surface area contributed by atoms with Crippen molar-refractivity contribution in [1.29, 1.82) is 0 Å². The predicted octanol–water partition coefficient (Wildman–Crippen LogP) is 4.93. The molecule has 40 heavy (non-hydrogen) atoms. The second kappa shape index (κ2) is 12.8. The van der Waals surface area contributed by atoms with Gasteiger partial charge in [-0.15, -0.1) is 0 Å². The largest absolute Gasteiger partial charge is 0.481 e. The maximum atomic E-state index is 13.9. The Labute approximate surface area is 244 Å². The van der Waals surface area contributed by atoms with Gasteiger partial charge in [-0.2, -0.15) is 0 Å². The lowest BCUT2D eigenvalue weighted by Crippen LogP contribution is -2.40. The highest BCUT2D eigenvalue weighted by molar-refractivity contribution is 9.10. The SMILES string of the molecule is CCCC1=C(C(=O)OCC)[C@@H](c2ccc(C(C)C)cc2)n2c(s/c(=C/c3ccc(OCC(=O)O)c(Br)c3)c2=O)=N1. The Morgan fingerprint density at radius 2 is 1.90 bits per heavy atom. The number of ether oxygens (including phenoxy) is 2. The first kappa shape index (κ1) is 29.5. The van der Waals surface area contributed by atoms with Crippen LogP contribution in [0.25, 0.3) is 6.08 Å². The van der Waals surface area contributed by atoms with Gasteiger partial charge in [0.2, 0.25) is 0 Å². The van der Waals surface area contributed by atoms with E-state index in [2.05, 4.69) is 29.8 Å². The molecule has 1 aliphatic heterocycles. The predicted molar refractivity (Wildman–Crippen MR) is 157 cm³/mol. The number of aliphatic carboxylic acids is 1. The number of carboxylic acid groups (broad SMARTS) is 1.